The van der Waals surface area contributed by atoms with Gasteiger partial charge >= 0.3 is 5.91 Å². The number of rotatable bonds is 9. The number of unbranched alkanes of at least 4 members (excludes halogenated alkanes) is 3. The number of halogens is 1. The van der Waals surface area contributed by atoms with Crippen molar-refractivity contribution in [3.05, 3.63) is 41.4 Å². The third-order valence-corrected chi connectivity index (χ3v) is 3.91. The molecule has 2 amide bonds. The van der Waals surface area contributed by atoms with Crippen LogP contribution in [0.3, 0.4) is 0 Å². The van der Waals surface area contributed by atoms with Gasteiger partial charge in [-0.2, -0.15) is 0 Å². The summed E-state index contributed by atoms with van der Waals surface area (Å²) in [6, 6.07) is 7.17. The zero-order valence-corrected chi connectivity index (χ0v) is 14.4. The molecule has 0 aliphatic carbocycles. The largest absolute Gasteiger partial charge is 0.432 e. The summed E-state index contributed by atoms with van der Waals surface area (Å²) >= 11 is 6.09. The summed E-state index contributed by atoms with van der Waals surface area (Å²) in [5.41, 5.74) is 2.28. The predicted molar refractivity (Wildman–Crippen MR) is 92.3 cm³/mol. The SMILES string of the molecule is O=C(CCCCCCNC(=O)c1ncc(-c2ccccc2Cl)o1)NO. The molecule has 25 heavy (non-hydrogen) atoms. The molecule has 0 radical (unpaired) electrons. The molecule has 7 nitrogen and oxygen atoms in total. The summed E-state index contributed by atoms with van der Waals surface area (Å²) in [6.07, 6.45) is 4.96. The van der Waals surface area contributed by atoms with Gasteiger partial charge in [0.05, 0.1) is 11.2 Å². The number of amides is 2. The molecule has 8 heteroatoms. The number of nitrogens with zero attached hydrogens (tertiary/aromatic N) is 1. The van der Waals surface area contributed by atoms with Crippen LogP contribution in [0, 0.1) is 0 Å². The van der Waals surface area contributed by atoms with Crippen LogP contribution in [0.1, 0.15) is 42.8 Å². The van der Waals surface area contributed by atoms with Crippen LogP contribution in [0.15, 0.2) is 34.9 Å². The average molecular weight is 366 g/mol. The minimum atomic E-state index is -0.383. The molecule has 1 aromatic heterocycles. The zero-order valence-electron chi connectivity index (χ0n) is 13.6. The summed E-state index contributed by atoms with van der Waals surface area (Å²) in [7, 11) is 0. The van der Waals surface area contributed by atoms with E-state index in [0.717, 1.165) is 19.3 Å². The van der Waals surface area contributed by atoms with Crippen molar-refractivity contribution in [3.63, 3.8) is 0 Å². The van der Waals surface area contributed by atoms with Crippen molar-refractivity contribution < 1.29 is 19.2 Å². The van der Waals surface area contributed by atoms with Gasteiger partial charge in [-0.05, 0) is 25.0 Å². The molecule has 134 valence electrons. The summed E-state index contributed by atoms with van der Waals surface area (Å²) in [5.74, 6) is -0.322. The number of hydrogen-bond donors (Lipinski definition) is 3. The highest BCUT2D eigenvalue weighted by molar-refractivity contribution is 6.33. The van der Waals surface area contributed by atoms with Crippen molar-refractivity contribution in [2.45, 2.75) is 32.1 Å². The second-order valence-corrected chi connectivity index (χ2v) is 5.87. The fourth-order valence-corrected chi connectivity index (χ4v) is 2.49. The number of hydrogen-bond acceptors (Lipinski definition) is 5. The molecule has 0 unspecified atom stereocenters. The molecule has 2 aromatic rings. The van der Waals surface area contributed by atoms with E-state index in [1.54, 1.807) is 17.6 Å². The number of aromatic nitrogens is 1. The topological polar surface area (TPSA) is 104 Å². The van der Waals surface area contributed by atoms with Crippen molar-refractivity contribution in [2.24, 2.45) is 0 Å². The molecular formula is C17H20ClN3O4. The molecule has 0 bridgehead atoms. The molecule has 0 atom stereocenters. The Kier molecular flexibility index (Phi) is 7.43. The number of nitrogens with one attached hydrogen (secondary N) is 2. The molecular weight excluding hydrogens is 346 g/mol. The van der Waals surface area contributed by atoms with E-state index in [1.165, 1.54) is 6.20 Å². The molecule has 3 N–H and O–H groups in total. The van der Waals surface area contributed by atoms with E-state index in [4.69, 9.17) is 21.2 Å². The molecule has 1 aromatic carbocycles. The third kappa shape index (κ3) is 5.88. The first kappa shape index (κ1) is 19.0. The molecule has 0 fully saturated rings. The maximum Gasteiger partial charge on any atom is 0.307 e. The van der Waals surface area contributed by atoms with Gasteiger partial charge in [-0.25, -0.2) is 10.5 Å². The number of benzene rings is 1. The van der Waals surface area contributed by atoms with E-state index >= 15 is 0 Å². The van der Waals surface area contributed by atoms with Crippen molar-refractivity contribution >= 4 is 23.4 Å². The average Bonchev–Trinajstić information content (AvgIpc) is 3.10. The van der Waals surface area contributed by atoms with Gasteiger partial charge in [0.1, 0.15) is 0 Å². The van der Waals surface area contributed by atoms with E-state index in [9.17, 15) is 9.59 Å². The number of carbonyl (C=O) groups excluding carboxylic acids is 2. The van der Waals surface area contributed by atoms with Crippen molar-refractivity contribution in [1.82, 2.24) is 15.8 Å². The lowest BCUT2D eigenvalue weighted by atomic mass is 10.1. The fourth-order valence-electron chi connectivity index (χ4n) is 2.26. The maximum absolute atomic E-state index is 12.0. The van der Waals surface area contributed by atoms with E-state index < -0.39 is 0 Å². The summed E-state index contributed by atoms with van der Waals surface area (Å²) in [4.78, 5) is 26.8. The van der Waals surface area contributed by atoms with Gasteiger partial charge in [-0.3, -0.25) is 14.8 Å². The Morgan fingerprint density at radius 2 is 1.92 bits per heavy atom. The summed E-state index contributed by atoms with van der Waals surface area (Å²) < 4.78 is 5.47. The highest BCUT2D eigenvalue weighted by Gasteiger charge is 2.15. The lowest BCUT2D eigenvalue weighted by Gasteiger charge is -2.03. The standard InChI is InChI=1S/C17H20ClN3O4/c18-13-8-5-4-7-12(13)14-11-20-17(25-14)16(23)19-10-6-2-1-3-9-15(22)21-24/h4-5,7-8,11,24H,1-3,6,9-10H2,(H,19,23)(H,21,22). The second kappa shape index (κ2) is 9.80. The molecule has 0 saturated carbocycles. The Bertz CT molecular complexity index is 717. The minimum absolute atomic E-state index is 0.00506. The Morgan fingerprint density at radius 1 is 1.16 bits per heavy atom. The molecule has 1 heterocycles. The van der Waals surface area contributed by atoms with Crippen LogP contribution < -0.4 is 10.8 Å². The Hall–Kier alpha value is -2.38. The van der Waals surface area contributed by atoms with Crippen LogP contribution in [0.5, 0.6) is 0 Å². The molecule has 0 aliphatic heterocycles. The first-order valence-corrected chi connectivity index (χ1v) is 8.41. The lowest BCUT2D eigenvalue weighted by molar-refractivity contribution is -0.129. The van der Waals surface area contributed by atoms with E-state index in [0.29, 0.717) is 35.7 Å². The second-order valence-electron chi connectivity index (χ2n) is 5.46. The molecule has 0 spiro atoms. The van der Waals surface area contributed by atoms with Crippen LogP contribution in [-0.2, 0) is 4.79 Å². The smallest absolute Gasteiger partial charge is 0.307 e. The van der Waals surface area contributed by atoms with Crippen LogP contribution >= 0.6 is 11.6 Å². The van der Waals surface area contributed by atoms with Crippen LogP contribution in [-0.4, -0.2) is 28.6 Å². The van der Waals surface area contributed by atoms with Crippen molar-refractivity contribution in [2.75, 3.05) is 6.54 Å². The minimum Gasteiger partial charge on any atom is -0.432 e. The number of oxazole rings is 1. The quantitative estimate of drug-likeness (QED) is 0.359. The highest BCUT2D eigenvalue weighted by Crippen LogP contribution is 2.27. The van der Waals surface area contributed by atoms with Crippen LogP contribution in [0.2, 0.25) is 5.02 Å². The van der Waals surface area contributed by atoms with Crippen LogP contribution in [0.4, 0.5) is 0 Å². The van der Waals surface area contributed by atoms with Crippen molar-refractivity contribution in [1.29, 1.82) is 0 Å². The maximum atomic E-state index is 12.0. The lowest BCUT2D eigenvalue weighted by Crippen LogP contribution is -2.24. The summed E-state index contributed by atoms with van der Waals surface area (Å²) in [5, 5.41) is 11.6. The first-order valence-electron chi connectivity index (χ1n) is 8.03. The molecule has 2 rings (SSSR count). The first-order chi connectivity index (χ1) is 12.1. The van der Waals surface area contributed by atoms with Crippen molar-refractivity contribution in [3.8, 4) is 11.3 Å². The van der Waals surface area contributed by atoms with Gasteiger partial charge in [-0.1, -0.05) is 36.6 Å². The normalized spacial score (nSPS) is 10.5. The van der Waals surface area contributed by atoms with E-state index in [2.05, 4.69) is 10.3 Å². The highest BCUT2D eigenvalue weighted by atomic mass is 35.5. The number of carbonyl (C=O) groups is 2. The monoisotopic (exact) mass is 365 g/mol. The Morgan fingerprint density at radius 3 is 2.68 bits per heavy atom. The molecule has 0 saturated heterocycles. The van der Waals surface area contributed by atoms with Gasteiger partial charge in [-0.15, -0.1) is 0 Å². The van der Waals surface area contributed by atoms with Gasteiger partial charge in [0.15, 0.2) is 5.76 Å². The van der Waals surface area contributed by atoms with Crippen LogP contribution in [0.25, 0.3) is 11.3 Å². The van der Waals surface area contributed by atoms with Gasteiger partial charge < -0.3 is 9.73 Å². The van der Waals surface area contributed by atoms with Gasteiger partial charge in [0.25, 0.3) is 5.89 Å². The number of hydroxylamine groups is 1. The predicted octanol–water partition coefficient (Wildman–Crippen LogP) is 3.18. The fraction of sp³-hybridized carbons (Fsp3) is 0.353. The zero-order chi connectivity index (χ0) is 18.1. The summed E-state index contributed by atoms with van der Waals surface area (Å²) in [6.45, 7) is 0.495. The third-order valence-electron chi connectivity index (χ3n) is 3.58. The Labute approximate surface area is 150 Å². The van der Waals surface area contributed by atoms with Gasteiger partial charge in [0.2, 0.25) is 5.91 Å². The van der Waals surface area contributed by atoms with Gasteiger partial charge in [0, 0.05) is 18.5 Å². The molecule has 0 aliphatic rings. The van der Waals surface area contributed by atoms with E-state index in [1.807, 2.05) is 12.1 Å². The Balaban J connectivity index is 1.72. The van der Waals surface area contributed by atoms with E-state index in [-0.39, 0.29) is 17.7 Å².